The zero-order valence-electron chi connectivity index (χ0n) is 6.02. The molecular weight excluding hydrogens is 174 g/mol. The van der Waals surface area contributed by atoms with Gasteiger partial charge in [-0.2, -0.15) is 8.75 Å². The predicted octanol–water partition coefficient (Wildman–Crippen LogP) is 1.26. The van der Waals surface area contributed by atoms with Crippen LogP contribution in [0.4, 0.5) is 5.69 Å². The summed E-state index contributed by atoms with van der Waals surface area (Å²) in [6.07, 6.45) is 0.633. The summed E-state index contributed by atoms with van der Waals surface area (Å²) >= 11 is 1.14. The molecule has 5 heteroatoms. The molecule has 1 aromatic heterocycles. The molecule has 0 saturated heterocycles. The van der Waals surface area contributed by atoms with Gasteiger partial charge in [-0.25, -0.2) is 0 Å². The Morgan fingerprint density at radius 1 is 1.42 bits per heavy atom. The lowest BCUT2D eigenvalue weighted by atomic mass is 10.3. The SMILES string of the molecule is O=CNc1cccc2nsnc12. The fourth-order valence-electron chi connectivity index (χ4n) is 0.986. The lowest BCUT2D eigenvalue weighted by Gasteiger charge is -1.96. The molecule has 0 unspecified atom stereocenters. The van der Waals surface area contributed by atoms with Gasteiger partial charge >= 0.3 is 0 Å². The van der Waals surface area contributed by atoms with Gasteiger partial charge in [-0.1, -0.05) is 6.07 Å². The third-order valence-corrected chi connectivity index (χ3v) is 2.04. The Labute approximate surface area is 72.6 Å². The summed E-state index contributed by atoms with van der Waals surface area (Å²) in [7, 11) is 0. The van der Waals surface area contributed by atoms with E-state index in [0.717, 1.165) is 22.8 Å². The second kappa shape index (κ2) is 2.86. The molecule has 0 aliphatic carbocycles. The summed E-state index contributed by atoms with van der Waals surface area (Å²) in [5.41, 5.74) is 2.26. The number of nitrogens with one attached hydrogen (secondary N) is 1. The highest BCUT2D eigenvalue weighted by Crippen LogP contribution is 2.19. The van der Waals surface area contributed by atoms with Crippen molar-refractivity contribution in [3.05, 3.63) is 18.2 Å². The molecule has 2 rings (SSSR count). The molecule has 0 spiro atoms. The maximum Gasteiger partial charge on any atom is 0.211 e. The van der Waals surface area contributed by atoms with Crippen LogP contribution in [0.3, 0.4) is 0 Å². The monoisotopic (exact) mass is 179 g/mol. The smallest absolute Gasteiger partial charge is 0.211 e. The first kappa shape index (κ1) is 7.17. The molecule has 2 aromatic rings. The number of benzene rings is 1. The van der Waals surface area contributed by atoms with E-state index < -0.39 is 0 Å². The summed E-state index contributed by atoms with van der Waals surface area (Å²) in [6.45, 7) is 0. The summed E-state index contributed by atoms with van der Waals surface area (Å²) in [5, 5.41) is 2.56. The lowest BCUT2D eigenvalue weighted by Crippen LogP contribution is -1.93. The highest BCUT2D eigenvalue weighted by atomic mass is 32.1. The van der Waals surface area contributed by atoms with E-state index in [4.69, 9.17) is 0 Å². The molecule has 1 aromatic carbocycles. The Morgan fingerprint density at radius 3 is 3.17 bits per heavy atom. The number of aromatic nitrogens is 2. The Morgan fingerprint density at radius 2 is 2.33 bits per heavy atom. The minimum atomic E-state index is 0.633. The predicted molar refractivity (Wildman–Crippen MR) is 47.1 cm³/mol. The minimum Gasteiger partial charge on any atom is -0.327 e. The van der Waals surface area contributed by atoms with E-state index in [2.05, 4.69) is 14.1 Å². The van der Waals surface area contributed by atoms with Crippen molar-refractivity contribution in [3.8, 4) is 0 Å². The van der Waals surface area contributed by atoms with Crippen LogP contribution < -0.4 is 5.32 Å². The van der Waals surface area contributed by atoms with Gasteiger partial charge in [-0.05, 0) is 12.1 Å². The third kappa shape index (κ3) is 1.04. The van der Waals surface area contributed by atoms with Crippen molar-refractivity contribution >= 4 is 34.9 Å². The second-order valence-corrected chi connectivity index (χ2v) is 2.73. The van der Waals surface area contributed by atoms with E-state index in [1.165, 1.54) is 0 Å². The van der Waals surface area contributed by atoms with E-state index in [1.807, 2.05) is 12.1 Å². The van der Waals surface area contributed by atoms with Crippen molar-refractivity contribution in [1.29, 1.82) is 0 Å². The van der Waals surface area contributed by atoms with Crippen molar-refractivity contribution in [2.45, 2.75) is 0 Å². The number of hydrogen-bond acceptors (Lipinski definition) is 4. The summed E-state index contributed by atoms with van der Waals surface area (Å²) in [5.74, 6) is 0. The van der Waals surface area contributed by atoms with Crippen LogP contribution in [0.2, 0.25) is 0 Å². The lowest BCUT2D eigenvalue weighted by molar-refractivity contribution is -0.105. The molecule has 60 valence electrons. The van der Waals surface area contributed by atoms with Crippen LogP contribution in [-0.4, -0.2) is 15.2 Å². The molecule has 12 heavy (non-hydrogen) atoms. The van der Waals surface area contributed by atoms with Gasteiger partial charge in [0.25, 0.3) is 0 Å². The molecule has 1 amide bonds. The van der Waals surface area contributed by atoms with Crippen molar-refractivity contribution in [2.75, 3.05) is 5.32 Å². The summed E-state index contributed by atoms with van der Waals surface area (Å²) < 4.78 is 8.08. The highest BCUT2D eigenvalue weighted by Gasteiger charge is 2.02. The first-order valence-corrected chi connectivity index (χ1v) is 4.06. The molecule has 1 N–H and O–H groups in total. The average molecular weight is 179 g/mol. The van der Waals surface area contributed by atoms with Crippen LogP contribution in [0.1, 0.15) is 0 Å². The van der Waals surface area contributed by atoms with E-state index in [0.29, 0.717) is 12.1 Å². The van der Waals surface area contributed by atoms with Crippen molar-refractivity contribution in [3.63, 3.8) is 0 Å². The van der Waals surface area contributed by atoms with E-state index >= 15 is 0 Å². The number of hydrogen-bond donors (Lipinski definition) is 1. The van der Waals surface area contributed by atoms with Crippen LogP contribution in [0.5, 0.6) is 0 Å². The molecule has 4 nitrogen and oxygen atoms in total. The van der Waals surface area contributed by atoms with E-state index in [9.17, 15) is 4.79 Å². The number of carbonyl (C=O) groups is 1. The number of fused-ring (bicyclic) bond motifs is 1. The number of carbonyl (C=O) groups excluding carboxylic acids is 1. The standard InChI is InChI=1S/C7H5N3OS/c11-4-8-5-2-1-3-6-7(5)10-12-9-6/h1-4H,(H,8,11). The van der Waals surface area contributed by atoms with Gasteiger partial charge in [0.15, 0.2) is 0 Å². The molecule has 0 bridgehead atoms. The Bertz CT molecular complexity index is 412. The van der Waals surface area contributed by atoms with Crippen LogP contribution in [-0.2, 0) is 4.79 Å². The minimum absolute atomic E-state index is 0.633. The molecular formula is C7H5N3OS. The number of nitrogens with zero attached hydrogens (tertiary/aromatic N) is 2. The summed E-state index contributed by atoms with van der Waals surface area (Å²) in [6, 6.07) is 5.47. The first-order valence-electron chi connectivity index (χ1n) is 3.33. The van der Waals surface area contributed by atoms with E-state index in [1.54, 1.807) is 6.07 Å². The zero-order chi connectivity index (χ0) is 8.39. The fourth-order valence-corrected chi connectivity index (χ4v) is 1.54. The van der Waals surface area contributed by atoms with Gasteiger partial charge in [0.1, 0.15) is 11.0 Å². The molecule has 0 saturated carbocycles. The molecule has 0 aliphatic rings. The highest BCUT2D eigenvalue weighted by molar-refractivity contribution is 7.00. The normalized spacial score (nSPS) is 10.0. The van der Waals surface area contributed by atoms with Crippen molar-refractivity contribution in [2.24, 2.45) is 0 Å². The maximum absolute atomic E-state index is 10.2. The van der Waals surface area contributed by atoms with Crippen LogP contribution in [0.25, 0.3) is 11.0 Å². The number of anilines is 1. The van der Waals surface area contributed by atoms with Crippen molar-refractivity contribution in [1.82, 2.24) is 8.75 Å². The second-order valence-electron chi connectivity index (χ2n) is 2.20. The topological polar surface area (TPSA) is 54.9 Å². The number of amides is 1. The Hall–Kier alpha value is -1.49. The number of rotatable bonds is 2. The van der Waals surface area contributed by atoms with Gasteiger partial charge in [0.2, 0.25) is 6.41 Å². The zero-order valence-corrected chi connectivity index (χ0v) is 6.84. The largest absolute Gasteiger partial charge is 0.327 e. The molecule has 0 fully saturated rings. The van der Waals surface area contributed by atoms with Gasteiger partial charge in [-0.15, -0.1) is 0 Å². The fraction of sp³-hybridized carbons (Fsp3) is 0. The third-order valence-electron chi connectivity index (χ3n) is 1.50. The summed E-state index contributed by atoms with van der Waals surface area (Å²) in [4.78, 5) is 10.2. The molecule has 1 heterocycles. The van der Waals surface area contributed by atoms with Crippen LogP contribution in [0.15, 0.2) is 18.2 Å². The van der Waals surface area contributed by atoms with E-state index in [-0.39, 0.29) is 0 Å². The van der Waals surface area contributed by atoms with Gasteiger partial charge in [0.05, 0.1) is 17.4 Å². The maximum atomic E-state index is 10.2. The van der Waals surface area contributed by atoms with Crippen molar-refractivity contribution < 1.29 is 4.79 Å². The van der Waals surface area contributed by atoms with Crippen LogP contribution >= 0.6 is 11.7 Å². The van der Waals surface area contributed by atoms with Gasteiger partial charge in [0, 0.05) is 0 Å². The quantitative estimate of drug-likeness (QED) is 0.706. The van der Waals surface area contributed by atoms with Crippen LogP contribution in [0, 0.1) is 0 Å². The Kier molecular flexibility index (Phi) is 1.71. The average Bonchev–Trinajstić information content (AvgIpc) is 2.53. The molecule has 0 aliphatic heterocycles. The van der Waals surface area contributed by atoms with Gasteiger partial charge in [-0.3, -0.25) is 4.79 Å². The Balaban J connectivity index is 2.65. The molecule has 0 atom stereocenters. The van der Waals surface area contributed by atoms with Gasteiger partial charge < -0.3 is 5.32 Å². The molecule has 0 radical (unpaired) electrons. The first-order chi connectivity index (χ1) is 5.92.